The summed E-state index contributed by atoms with van der Waals surface area (Å²) in [5, 5.41) is 0. The first-order chi connectivity index (χ1) is 14.7. The highest BCUT2D eigenvalue weighted by Crippen LogP contribution is 2.32. The quantitative estimate of drug-likeness (QED) is 0.611. The Bertz CT molecular complexity index is 795. The number of carbonyl (C=O) groups excluding carboxylic acids is 2. The van der Waals surface area contributed by atoms with Gasteiger partial charge in [-0.3, -0.25) is 19.4 Å². The van der Waals surface area contributed by atoms with Crippen molar-refractivity contribution in [2.45, 2.75) is 6.92 Å². The van der Waals surface area contributed by atoms with Gasteiger partial charge in [-0.1, -0.05) is 12.1 Å². The Morgan fingerprint density at radius 3 is 2.13 bits per heavy atom. The van der Waals surface area contributed by atoms with Gasteiger partial charge in [-0.05, 0) is 24.6 Å². The summed E-state index contributed by atoms with van der Waals surface area (Å²) in [6, 6.07) is 7.41. The minimum absolute atomic E-state index is 0.209. The van der Waals surface area contributed by atoms with Gasteiger partial charge in [0.2, 0.25) is 0 Å². The Morgan fingerprint density at radius 1 is 0.867 bits per heavy atom. The van der Waals surface area contributed by atoms with E-state index in [1.807, 2.05) is 36.1 Å². The molecule has 3 aliphatic rings. The zero-order chi connectivity index (χ0) is 20.9. The van der Waals surface area contributed by atoms with E-state index in [4.69, 9.17) is 14.2 Å². The molecule has 8 nitrogen and oxygen atoms in total. The first-order valence-electron chi connectivity index (χ1n) is 10.7. The molecule has 162 valence electrons. The zero-order valence-electron chi connectivity index (χ0n) is 17.5. The molecule has 1 aromatic rings. The molecule has 0 aliphatic carbocycles. The van der Waals surface area contributed by atoms with Crippen LogP contribution in [-0.4, -0.2) is 98.8 Å². The maximum absolute atomic E-state index is 13.4. The minimum Gasteiger partial charge on any atom is -0.494 e. The summed E-state index contributed by atoms with van der Waals surface area (Å²) >= 11 is 0. The van der Waals surface area contributed by atoms with Crippen LogP contribution in [0, 0.1) is 0 Å². The standard InChI is InChI=1S/C22H29N3O5/c1-2-30-18-5-3-17(4-6-18)19-20(24-11-15-29-16-12-24)22(27)25(21(19)26)8-7-23-9-13-28-14-10-23/h3-6H,2,7-16H2,1H3. The number of carbonyl (C=O) groups is 2. The van der Waals surface area contributed by atoms with E-state index < -0.39 is 0 Å². The SMILES string of the molecule is CCOc1ccc(C2=C(N3CCOCC3)C(=O)N(CCN3CCOCC3)C2=O)cc1. The molecule has 30 heavy (non-hydrogen) atoms. The fraction of sp³-hybridized carbons (Fsp3) is 0.545. The molecule has 3 heterocycles. The van der Waals surface area contributed by atoms with Crippen molar-refractivity contribution in [1.82, 2.24) is 14.7 Å². The van der Waals surface area contributed by atoms with Crippen molar-refractivity contribution in [3.63, 3.8) is 0 Å². The minimum atomic E-state index is -0.223. The van der Waals surface area contributed by atoms with E-state index in [1.165, 1.54) is 4.90 Å². The van der Waals surface area contributed by atoms with Gasteiger partial charge in [-0.15, -0.1) is 0 Å². The fourth-order valence-electron chi connectivity index (χ4n) is 4.06. The van der Waals surface area contributed by atoms with Crippen molar-refractivity contribution in [2.75, 3.05) is 72.3 Å². The average molecular weight is 415 g/mol. The van der Waals surface area contributed by atoms with Crippen molar-refractivity contribution in [3.8, 4) is 5.75 Å². The van der Waals surface area contributed by atoms with Crippen LogP contribution in [0.5, 0.6) is 5.75 Å². The second-order valence-corrected chi connectivity index (χ2v) is 7.50. The lowest BCUT2D eigenvalue weighted by molar-refractivity contribution is -0.138. The Balaban J connectivity index is 1.59. The highest BCUT2D eigenvalue weighted by atomic mass is 16.5. The van der Waals surface area contributed by atoms with Gasteiger partial charge in [-0.25, -0.2) is 0 Å². The molecule has 0 saturated carbocycles. The summed E-state index contributed by atoms with van der Waals surface area (Å²) in [5.74, 6) is 0.314. The molecule has 0 radical (unpaired) electrons. The number of benzene rings is 1. The molecule has 2 amide bonds. The molecular formula is C22H29N3O5. The van der Waals surface area contributed by atoms with Gasteiger partial charge in [0, 0.05) is 39.3 Å². The normalized spacial score (nSPS) is 21.0. The van der Waals surface area contributed by atoms with Crippen LogP contribution in [0.3, 0.4) is 0 Å². The summed E-state index contributed by atoms with van der Waals surface area (Å²) in [7, 11) is 0. The lowest BCUT2D eigenvalue weighted by Gasteiger charge is -2.30. The molecule has 2 saturated heterocycles. The van der Waals surface area contributed by atoms with Gasteiger partial charge in [0.25, 0.3) is 11.8 Å². The number of rotatable bonds is 7. The number of imide groups is 1. The second-order valence-electron chi connectivity index (χ2n) is 7.50. The van der Waals surface area contributed by atoms with Crippen LogP contribution in [0.2, 0.25) is 0 Å². The van der Waals surface area contributed by atoms with Crippen LogP contribution in [0.1, 0.15) is 12.5 Å². The van der Waals surface area contributed by atoms with E-state index in [-0.39, 0.29) is 11.8 Å². The summed E-state index contributed by atoms with van der Waals surface area (Å²) in [5.41, 5.74) is 1.72. The van der Waals surface area contributed by atoms with Gasteiger partial charge < -0.3 is 19.1 Å². The van der Waals surface area contributed by atoms with Crippen LogP contribution in [0.4, 0.5) is 0 Å². The molecule has 4 rings (SSSR count). The van der Waals surface area contributed by atoms with E-state index in [0.717, 1.165) is 24.4 Å². The molecular weight excluding hydrogens is 386 g/mol. The van der Waals surface area contributed by atoms with Crippen LogP contribution in [-0.2, 0) is 19.1 Å². The number of morpholine rings is 2. The molecule has 0 unspecified atom stereocenters. The van der Waals surface area contributed by atoms with Crippen molar-refractivity contribution < 1.29 is 23.8 Å². The average Bonchev–Trinajstić information content (AvgIpc) is 3.04. The Labute approximate surface area is 177 Å². The fourth-order valence-corrected chi connectivity index (χ4v) is 4.06. The van der Waals surface area contributed by atoms with Crippen molar-refractivity contribution >= 4 is 17.4 Å². The summed E-state index contributed by atoms with van der Waals surface area (Å²) in [6.07, 6.45) is 0. The number of amides is 2. The first-order valence-corrected chi connectivity index (χ1v) is 10.7. The largest absolute Gasteiger partial charge is 0.494 e. The first kappa shape index (κ1) is 20.8. The molecule has 1 aromatic carbocycles. The number of hydrogen-bond donors (Lipinski definition) is 0. The van der Waals surface area contributed by atoms with E-state index in [0.29, 0.717) is 70.5 Å². The number of nitrogens with zero attached hydrogens (tertiary/aromatic N) is 3. The van der Waals surface area contributed by atoms with E-state index in [1.54, 1.807) is 0 Å². The van der Waals surface area contributed by atoms with E-state index in [9.17, 15) is 9.59 Å². The Kier molecular flexibility index (Phi) is 6.66. The summed E-state index contributed by atoms with van der Waals surface area (Å²) in [6.45, 7) is 8.89. The number of hydrogen-bond acceptors (Lipinski definition) is 7. The topological polar surface area (TPSA) is 71.6 Å². The Hall–Kier alpha value is -2.42. The van der Waals surface area contributed by atoms with Gasteiger partial charge in [0.15, 0.2) is 0 Å². The van der Waals surface area contributed by atoms with E-state index >= 15 is 0 Å². The van der Waals surface area contributed by atoms with Gasteiger partial charge in [0.05, 0.1) is 38.6 Å². The maximum Gasteiger partial charge on any atom is 0.277 e. The van der Waals surface area contributed by atoms with Crippen LogP contribution in [0.15, 0.2) is 30.0 Å². The second kappa shape index (κ2) is 9.59. The monoisotopic (exact) mass is 415 g/mol. The summed E-state index contributed by atoms with van der Waals surface area (Å²) in [4.78, 5) is 32.3. The predicted octanol–water partition coefficient (Wildman–Crippen LogP) is 0.830. The molecule has 3 aliphatic heterocycles. The smallest absolute Gasteiger partial charge is 0.277 e. The van der Waals surface area contributed by atoms with E-state index in [2.05, 4.69) is 4.90 Å². The highest BCUT2D eigenvalue weighted by Gasteiger charge is 2.41. The summed E-state index contributed by atoms with van der Waals surface area (Å²) < 4.78 is 16.4. The number of ether oxygens (including phenoxy) is 3. The lowest BCUT2D eigenvalue weighted by atomic mass is 10.0. The van der Waals surface area contributed by atoms with Crippen LogP contribution >= 0.6 is 0 Å². The van der Waals surface area contributed by atoms with Crippen LogP contribution in [0.25, 0.3) is 5.57 Å². The van der Waals surface area contributed by atoms with Gasteiger partial charge in [-0.2, -0.15) is 0 Å². The van der Waals surface area contributed by atoms with Crippen molar-refractivity contribution in [3.05, 3.63) is 35.5 Å². The Morgan fingerprint density at radius 2 is 1.50 bits per heavy atom. The van der Waals surface area contributed by atoms with Crippen molar-refractivity contribution in [1.29, 1.82) is 0 Å². The van der Waals surface area contributed by atoms with Crippen molar-refractivity contribution in [2.24, 2.45) is 0 Å². The molecule has 0 atom stereocenters. The molecule has 8 heteroatoms. The molecule has 0 aromatic heterocycles. The molecule has 2 fully saturated rings. The third-order valence-corrected chi connectivity index (χ3v) is 5.67. The highest BCUT2D eigenvalue weighted by molar-refractivity contribution is 6.35. The predicted molar refractivity (Wildman–Crippen MR) is 111 cm³/mol. The third kappa shape index (κ3) is 4.35. The molecule has 0 spiro atoms. The molecule has 0 bridgehead atoms. The zero-order valence-corrected chi connectivity index (χ0v) is 17.5. The van der Waals surface area contributed by atoms with Gasteiger partial charge in [0.1, 0.15) is 11.4 Å². The maximum atomic E-state index is 13.4. The van der Waals surface area contributed by atoms with Crippen LogP contribution < -0.4 is 4.74 Å². The van der Waals surface area contributed by atoms with Gasteiger partial charge >= 0.3 is 0 Å². The lowest BCUT2D eigenvalue weighted by Crippen LogP contribution is -2.44. The third-order valence-electron chi connectivity index (χ3n) is 5.67. The molecule has 0 N–H and O–H groups in total.